The highest BCUT2D eigenvalue weighted by Crippen LogP contribution is 2.37. The Morgan fingerprint density at radius 3 is 2.20 bits per heavy atom. The van der Waals surface area contributed by atoms with Crippen molar-refractivity contribution in [2.75, 3.05) is 10.8 Å². The maximum Gasteiger partial charge on any atom is 0.416 e. The van der Waals surface area contributed by atoms with Gasteiger partial charge in [-0.15, -0.1) is 0 Å². The van der Waals surface area contributed by atoms with Crippen LogP contribution in [0.4, 0.5) is 18.9 Å². The second kappa shape index (κ2) is 7.23. The summed E-state index contributed by atoms with van der Waals surface area (Å²) in [5.74, 6) is 0. The fourth-order valence-electron chi connectivity index (χ4n) is 2.01. The molecule has 2 aromatic carbocycles. The first kappa shape index (κ1) is 19.6. The van der Waals surface area contributed by atoms with E-state index in [-0.39, 0.29) is 9.92 Å². The van der Waals surface area contributed by atoms with Crippen LogP contribution in [0.5, 0.6) is 0 Å². The lowest BCUT2D eigenvalue weighted by Crippen LogP contribution is -2.35. The van der Waals surface area contributed by atoms with Gasteiger partial charge in [0.15, 0.2) is 0 Å². The molecule has 0 N–H and O–H groups in total. The van der Waals surface area contributed by atoms with Crippen LogP contribution in [0.3, 0.4) is 0 Å². The third-order valence-electron chi connectivity index (χ3n) is 3.14. The summed E-state index contributed by atoms with van der Waals surface area (Å²) in [7, 11) is -4.36. The summed E-state index contributed by atoms with van der Waals surface area (Å²) in [4.78, 5) is 11.1. The van der Waals surface area contributed by atoms with E-state index in [9.17, 15) is 26.4 Å². The van der Waals surface area contributed by atoms with E-state index in [0.29, 0.717) is 16.4 Å². The smallest absolute Gasteiger partial charge is 0.279 e. The zero-order valence-electron chi connectivity index (χ0n) is 12.3. The van der Waals surface area contributed by atoms with Crippen LogP contribution in [0.1, 0.15) is 5.56 Å². The molecular weight excluding hydrogens is 402 g/mol. The fraction of sp³-hybridized carbons (Fsp3) is 0.133. The van der Waals surface area contributed by atoms with Gasteiger partial charge in [-0.05, 0) is 41.9 Å². The molecule has 134 valence electrons. The standard InChI is InChI=1S/C15H10Cl2F3NO3S/c16-12-7-6-10(15(18,19)20)8-13(12)21(9-14(17)22)25(23,24)11-4-2-1-3-5-11/h1-8H,9H2. The van der Waals surface area contributed by atoms with Gasteiger partial charge in [-0.3, -0.25) is 9.10 Å². The summed E-state index contributed by atoms with van der Waals surface area (Å²) < 4.78 is 64.8. The molecule has 4 nitrogen and oxygen atoms in total. The van der Waals surface area contributed by atoms with Crippen molar-refractivity contribution < 1.29 is 26.4 Å². The fourth-order valence-corrected chi connectivity index (χ4v) is 3.93. The van der Waals surface area contributed by atoms with Crippen molar-refractivity contribution in [1.82, 2.24) is 0 Å². The van der Waals surface area contributed by atoms with Gasteiger partial charge in [0.25, 0.3) is 10.0 Å². The van der Waals surface area contributed by atoms with Crippen molar-refractivity contribution in [3.8, 4) is 0 Å². The lowest BCUT2D eigenvalue weighted by molar-refractivity contribution is -0.137. The van der Waals surface area contributed by atoms with E-state index >= 15 is 0 Å². The molecule has 0 aromatic heterocycles. The minimum atomic E-state index is -4.72. The van der Waals surface area contributed by atoms with Crippen molar-refractivity contribution in [1.29, 1.82) is 0 Å². The Morgan fingerprint density at radius 2 is 1.68 bits per heavy atom. The van der Waals surface area contributed by atoms with Gasteiger partial charge in [-0.2, -0.15) is 13.2 Å². The first-order valence-corrected chi connectivity index (χ1v) is 8.86. The molecule has 2 aromatic rings. The number of anilines is 1. The van der Waals surface area contributed by atoms with Gasteiger partial charge < -0.3 is 0 Å². The number of sulfonamides is 1. The number of hydrogen-bond donors (Lipinski definition) is 0. The van der Waals surface area contributed by atoms with Crippen LogP contribution in [0.2, 0.25) is 5.02 Å². The molecule has 0 fully saturated rings. The predicted octanol–water partition coefficient (Wildman–Crippen LogP) is 4.32. The highest BCUT2D eigenvalue weighted by molar-refractivity contribution is 7.92. The lowest BCUT2D eigenvalue weighted by atomic mass is 10.2. The molecule has 0 heterocycles. The van der Waals surface area contributed by atoms with Crippen LogP contribution in [0, 0.1) is 0 Å². The Hall–Kier alpha value is -1.77. The highest BCUT2D eigenvalue weighted by atomic mass is 35.5. The quantitative estimate of drug-likeness (QED) is 0.688. The maximum absolute atomic E-state index is 12.9. The van der Waals surface area contributed by atoms with Gasteiger partial charge >= 0.3 is 6.18 Å². The number of carbonyl (C=O) groups is 1. The van der Waals surface area contributed by atoms with Crippen molar-refractivity contribution >= 4 is 44.2 Å². The Balaban J connectivity index is 2.65. The minimum absolute atomic E-state index is 0.221. The number of carbonyl (C=O) groups excluding carboxylic acids is 1. The van der Waals surface area contributed by atoms with Crippen LogP contribution in [-0.2, 0) is 21.0 Å². The largest absolute Gasteiger partial charge is 0.416 e. The average Bonchev–Trinajstić information content (AvgIpc) is 2.53. The van der Waals surface area contributed by atoms with Crippen LogP contribution in [0.15, 0.2) is 53.4 Å². The summed E-state index contributed by atoms with van der Waals surface area (Å²) >= 11 is 11.2. The SMILES string of the molecule is O=C(Cl)CN(c1cc(C(F)(F)F)ccc1Cl)S(=O)(=O)c1ccccc1. The van der Waals surface area contributed by atoms with Crippen LogP contribution >= 0.6 is 23.2 Å². The summed E-state index contributed by atoms with van der Waals surface area (Å²) in [5.41, 5.74) is -1.60. The van der Waals surface area contributed by atoms with Crippen molar-refractivity contribution in [2.45, 2.75) is 11.1 Å². The number of rotatable bonds is 5. The van der Waals surface area contributed by atoms with E-state index in [1.807, 2.05) is 0 Å². The molecule has 0 spiro atoms. The van der Waals surface area contributed by atoms with E-state index in [2.05, 4.69) is 0 Å². The molecule has 0 atom stereocenters. The molecule has 0 aliphatic heterocycles. The molecule has 0 aliphatic carbocycles. The zero-order valence-corrected chi connectivity index (χ0v) is 14.6. The number of benzene rings is 2. The lowest BCUT2D eigenvalue weighted by Gasteiger charge is -2.24. The number of alkyl halides is 3. The van der Waals surface area contributed by atoms with Gasteiger partial charge in [0.2, 0.25) is 5.24 Å². The first-order valence-electron chi connectivity index (χ1n) is 6.66. The third kappa shape index (κ3) is 4.45. The normalized spacial score (nSPS) is 12.0. The molecule has 0 aliphatic rings. The molecule has 2 rings (SSSR count). The maximum atomic E-state index is 12.9. The van der Waals surface area contributed by atoms with Gasteiger partial charge in [0.05, 0.1) is 21.2 Å². The Bertz CT molecular complexity index is 887. The second-order valence-corrected chi connectivity index (χ2v) is 7.53. The first-order chi connectivity index (χ1) is 11.5. The van der Waals surface area contributed by atoms with Crippen molar-refractivity contribution in [3.63, 3.8) is 0 Å². The molecule has 0 radical (unpaired) electrons. The van der Waals surface area contributed by atoms with E-state index in [1.165, 1.54) is 24.3 Å². The van der Waals surface area contributed by atoms with Crippen molar-refractivity contribution in [2.24, 2.45) is 0 Å². The molecule has 25 heavy (non-hydrogen) atoms. The van der Waals surface area contributed by atoms with Gasteiger partial charge in [-0.1, -0.05) is 29.8 Å². The van der Waals surface area contributed by atoms with Crippen LogP contribution < -0.4 is 4.31 Å². The number of nitrogens with zero attached hydrogens (tertiary/aromatic N) is 1. The number of halogens is 5. The summed E-state index contributed by atoms with van der Waals surface area (Å²) in [6.45, 7) is -0.875. The van der Waals surface area contributed by atoms with Crippen LogP contribution in [0.25, 0.3) is 0 Å². The summed E-state index contributed by atoms with van der Waals surface area (Å²) in [6, 6.07) is 9.08. The molecule has 0 bridgehead atoms. The molecule has 0 amide bonds. The molecular formula is C15H10Cl2F3NO3S. The van der Waals surface area contributed by atoms with E-state index in [4.69, 9.17) is 23.2 Å². The van der Waals surface area contributed by atoms with Gasteiger partial charge in [-0.25, -0.2) is 8.42 Å². The third-order valence-corrected chi connectivity index (χ3v) is 5.35. The Morgan fingerprint density at radius 1 is 1.08 bits per heavy atom. The van der Waals surface area contributed by atoms with E-state index in [1.54, 1.807) is 6.07 Å². The zero-order chi connectivity index (χ0) is 18.8. The minimum Gasteiger partial charge on any atom is -0.279 e. The van der Waals surface area contributed by atoms with Crippen molar-refractivity contribution in [3.05, 3.63) is 59.1 Å². The molecule has 0 saturated heterocycles. The molecule has 10 heteroatoms. The summed E-state index contributed by atoms with van der Waals surface area (Å²) in [6.07, 6.45) is -4.72. The second-order valence-electron chi connectivity index (χ2n) is 4.84. The highest BCUT2D eigenvalue weighted by Gasteiger charge is 2.34. The Labute approximate surface area is 151 Å². The average molecular weight is 412 g/mol. The van der Waals surface area contributed by atoms with E-state index < -0.39 is 39.2 Å². The topological polar surface area (TPSA) is 54.5 Å². The predicted molar refractivity (Wildman–Crippen MR) is 88.3 cm³/mol. The molecule has 0 saturated carbocycles. The van der Waals surface area contributed by atoms with E-state index in [0.717, 1.165) is 6.07 Å². The van der Waals surface area contributed by atoms with Crippen LogP contribution in [-0.4, -0.2) is 20.2 Å². The molecule has 0 unspecified atom stereocenters. The number of hydrogen-bond acceptors (Lipinski definition) is 3. The Kier molecular flexibility index (Phi) is 5.65. The van der Waals surface area contributed by atoms with Gasteiger partial charge in [0.1, 0.15) is 6.54 Å². The summed E-state index contributed by atoms with van der Waals surface area (Å²) in [5, 5.41) is -1.35. The monoisotopic (exact) mass is 411 g/mol. The van der Waals surface area contributed by atoms with Gasteiger partial charge in [0, 0.05) is 0 Å².